The summed E-state index contributed by atoms with van der Waals surface area (Å²) in [4.78, 5) is 35.2. The van der Waals surface area contributed by atoms with Crippen molar-refractivity contribution >= 4 is 23.4 Å². The highest BCUT2D eigenvalue weighted by atomic mass is 16.2. The molecule has 1 heterocycles. The highest BCUT2D eigenvalue weighted by molar-refractivity contribution is 6.22. The molecule has 0 aromatic heterocycles. The first-order chi connectivity index (χ1) is 9.49. The van der Waals surface area contributed by atoms with Crippen molar-refractivity contribution in [1.29, 1.82) is 0 Å². The van der Waals surface area contributed by atoms with Crippen molar-refractivity contribution in [3.63, 3.8) is 0 Å². The number of anilines is 1. The van der Waals surface area contributed by atoms with Gasteiger partial charge in [-0.15, -0.1) is 0 Å². The first-order valence-electron chi connectivity index (χ1n) is 6.60. The fourth-order valence-electron chi connectivity index (χ4n) is 2.73. The lowest BCUT2D eigenvalue weighted by Gasteiger charge is -2.22. The number of hydrogen-bond donors (Lipinski definition) is 3. The van der Waals surface area contributed by atoms with Crippen LogP contribution in [0.5, 0.6) is 0 Å². The lowest BCUT2D eigenvalue weighted by atomic mass is 9.98. The second-order valence-electron chi connectivity index (χ2n) is 5.36. The van der Waals surface area contributed by atoms with E-state index in [1.54, 1.807) is 6.07 Å². The van der Waals surface area contributed by atoms with Crippen LogP contribution in [-0.4, -0.2) is 23.3 Å². The van der Waals surface area contributed by atoms with E-state index in [2.05, 4.69) is 10.6 Å². The molecule has 1 aromatic carbocycles. The fraction of sp³-hybridized carbons (Fsp3) is 0.357. The summed E-state index contributed by atoms with van der Waals surface area (Å²) in [7, 11) is 0. The number of hydrogen-bond acceptors (Lipinski definition) is 4. The molecule has 0 spiro atoms. The average molecular weight is 273 g/mol. The number of carbonyl (C=O) groups is 3. The standard InChI is InChI=1S/C14H15N3O3/c15-14(5-1-2-6-14)13(20)16-8-3-4-9-10(7-8)12(19)17-11(9)18/h3-4,7H,1-2,5-6,15H2,(H,16,20)(H,17,18,19). The first kappa shape index (κ1) is 12.8. The summed E-state index contributed by atoms with van der Waals surface area (Å²) in [6.07, 6.45) is 3.24. The number of rotatable bonds is 2. The van der Waals surface area contributed by atoms with Gasteiger partial charge in [-0.2, -0.15) is 0 Å². The van der Waals surface area contributed by atoms with Gasteiger partial charge in [0.2, 0.25) is 5.91 Å². The molecule has 104 valence electrons. The molecule has 0 unspecified atom stereocenters. The maximum Gasteiger partial charge on any atom is 0.259 e. The predicted molar refractivity (Wildman–Crippen MR) is 72.3 cm³/mol. The Morgan fingerprint density at radius 3 is 2.50 bits per heavy atom. The quantitative estimate of drug-likeness (QED) is 0.693. The summed E-state index contributed by atoms with van der Waals surface area (Å²) < 4.78 is 0. The van der Waals surface area contributed by atoms with Crippen LogP contribution in [0.1, 0.15) is 46.4 Å². The van der Waals surface area contributed by atoms with Crippen LogP contribution in [-0.2, 0) is 4.79 Å². The number of benzene rings is 1. The number of imide groups is 1. The number of amides is 3. The molecule has 6 heteroatoms. The van der Waals surface area contributed by atoms with E-state index in [0.29, 0.717) is 24.1 Å². The largest absolute Gasteiger partial charge is 0.324 e. The molecule has 6 nitrogen and oxygen atoms in total. The van der Waals surface area contributed by atoms with Crippen LogP contribution in [0.15, 0.2) is 18.2 Å². The monoisotopic (exact) mass is 273 g/mol. The fourth-order valence-corrected chi connectivity index (χ4v) is 2.73. The van der Waals surface area contributed by atoms with Gasteiger partial charge in [0, 0.05) is 5.69 Å². The molecular formula is C14H15N3O3. The Labute approximate surface area is 115 Å². The van der Waals surface area contributed by atoms with Gasteiger partial charge in [0.1, 0.15) is 0 Å². The molecule has 4 N–H and O–H groups in total. The van der Waals surface area contributed by atoms with Gasteiger partial charge in [0.25, 0.3) is 11.8 Å². The van der Waals surface area contributed by atoms with E-state index in [4.69, 9.17) is 5.73 Å². The summed E-state index contributed by atoms with van der Waals surface area (Å²) >= 11 is 0. The van der Waals surface area contributed by atoms with Gasteiger partial charge in [-0.3, -0.25) is 19.7 Å². The van der Waals surface area contributed by atoms with E-state index in [1.807, 2.05) is 0 Å². The molecule has 0 bridgehead atoms. The highest BCUT2D eigenvalue weighted by Gasteiger charge is 2.37. The average Bonchev–Trinajstić information content (AvgIpc) is 2.96. The van der Waals surface area contributed by atoms with E-state index in [9.17, 15) is 14.4 Å². The normalized spacial score (nSPS) is 19.6. The van der Waals surface area contributed by atoms with Crippen molar-refractivity contribution < 1.29 is 14.4 Å². The van der Waals surface area contributed by atoms with E-state index in [0.717, 1.165) is 12.8 Å². The zero-order valence-electron chi connectivity index (χ0n) is 10.9. The number of nitrogens with one attached hydrogen (secondary N) is 2. The molecule has 1 fully saturated rings. The van der Waals surface area contributed by atoms with Gasteiger partial charge < -0.3 is 11.1 Å². The molecule has 2 aliphatic rings. The zero-order chi connectivity index (χ0) is 14.3. The van der Waals surface area contributed by atoms with Gasteiger partial charge >= 0.3 is 0 Å². The minimum atomic E-state index is -0.822. The van der Waals surface area contributed by atoms with Crippen molar-refractivity contribution in [2.75, 3.05) is 5.32 Å². The van der Waals surface area contributed by atoms with Crippen molar-refractivity contribution in [2.24, 2.45) is 5.73 Å². The van der Waals surface area contributed by atoms with Gasteiger partial charge in [-0.1, -0.05) is 12.8 Å². The summed E-state index contributed by atoms with van der Waals surface area (Å²) in [6, 6.07) is 4.64. The Bertz CT molecular complexity index is 618. The van der Waals surface area contributed by atoms with E-state index >= 15 is 0 Å². The Hall–Kier alpha value is -2.21. The van der Waals surface area contributed by atoms with Crippen LogP contribution in [0.4, 0.5) is 5.69 Å². The summed E-state index contributed by atoms with van der Waals surface area (Å²) in [5.41, 5.74) is 6.34. The van der Waals surface area contributed by atoms with Gasteiger partial charge in [0.15, 0.2) is 0 Å². The molecule has 3 rings (SSSR count). The molecule has 3 amide bonds. The first-order valence-corrected chi connectivity index (χ1v) is 6.60. The Morgan fingerprint density at radius 1 is 1.15 bits per heavy atom. The van der Waals surface area contributed by atoms with Crippen molar-refractivity contribution in [3.05, 3.63) is 29.3 Å². The van der Waals surface area contributed by atoms with Gasteiger partial charge in [-0.25, -0.2) is 0 Å². The summed E-state index contributed by atoms with van der Waals surface area (Å²) in [5, 5.41) is 4.94. The van der Waals surface area contributed by atoms with Crippen LogP contribution in [0.3, 0.4) is 0 Å². The summed E-state index contributed by atoms with van der Waals surface area (Å²) in [5.74, 6) is -1.09. The number of fused-ring (bicyclic) bond motifs is 1. The third-order valence-electron chi connectivity index (χ3n) is 3.94. The predicted octanol–water partition coefficient (Wildman–Crippen LogP) is 0.780. The van der Waals surface area contributed by atoms with Crippen molar-refractivity contribution in [1.82, 2.24) is 5.32 Å². The molecular weight excluding hydrogens is 258 g/mol. The van der Waals surface area contributed by atoms with Gasteiger partial charge in [0.05, 0.1) is 16.7 Å². The number of nitrogens with two attached hydrogens (primary N) is 1. The maximum absolute atomic E-state index is 12.2. The minimum Gasteiger partial charge on any atom is -0.324 e. The van der Waals surface area contributed by atoms with E-state index in [-0.39, 0.29) is 11.5 Å². The topological polar surface area (TPSA) is 101 Å². The lowest BCUT2D eigenvalue weighted by Crippen LogP contribution is -2.48. The molecule has 0 atom stereocenters. The third kappa shape index (κ3) is 1.98. The van der Waals surface area contributed by atoms with Crippen LogP contribution < -0.4 is 16.4 Å². The molecule has 1 aliphatic heterocycles. The molecule has 1 saturated carbocycles. The Balaban J connectivity index is 1.82. The molecule has 20 heavy (non-hydrogen) atoms. The van der Waals surface area contributed by atoms with Crippen molar-refractivity contribution in [2.45, 2.75) is 31.2 Å². The van der Waals surface area contributed by atoms with Crippen LogP contribution in [0, 0.1) is 0 Å². The summed E-state index contributed by atoms with van der Waals surface area (Å²) in [6.45, 7) is 0. The molecule has 1 aliphatic carbocycles. The highest BCUT2D eigenvalue weighted by Crippen LogP contribution is 2.29. The third-order valence-corrected chi connectivity index (χ3v) is 3.94. The molecule has 0 radical (unpaired) electrons. The van der Waals surface area contributed by atoms with E-state index in [1.165, 1.54) is 12.1 Å². The van der Waals surface area contributed by atoms with Gasteiger partial charge in [-0.05, 0) is 31.0 Å². The second kappa shape index (κ2) is 4.42. The second-order valence-corrected chi connectivity index (χ2v) is 5.36. The van der Waals surface area contributed by atoms with Crippen LogP contribution in [0.2, 0.25) is 0 Å². The van der Waals surface area contributed by atoms with E-state index < -0.39 is 17.4 Å². The van der Waals surface area contributed by atoms with Crippen LogP contribution in [0.25, 0.3) is 0 Å². The smallest absolute Gasteiger partial charge is 0.259 e. The maximum atomic E-state index is 12.2. The minimum absolute atomic E-state index is 0.236. The lowest BCUT2D eigenvalue weighted by molar-refractivity contribution is -0.121. The molecule has 0 saturated heterocycles. The van der Waals surface area contributed by atoms with Crippen molar-refractivity contribution in [3.8, 4) is 0 Å². The molecule has 1 aromatic rings. The SMILES string of the molecule is NC1(C(=O)Nc2ccc3c(c2)C(=O)NC3=O)CCCC1. The Morgan fingerprint density at radius 2 is 1.80 bits per heavy atom. The zero-order valence-corrected chi connectivity index (χ0v) is 10.9. The number of carbonyl (C=O) groups excluding carboxylic acids is 3. The Kier molecular flexibility index (Phi) is 2.83. The van der Waals surface area contributed by atoms with Crippen LogP contribution >= 0.6 is 0 Å².